The van der Waals surface area contributed by atoms with Crippen LogP contribution in [0.1, 0.15) is 0 Å². The first-order valence-electron chi connectivity index (χ1n) is 11.9. The van der Waals surface area contributed by atoms with E-state index < -0.39 is 10.2 Å². The quantitative estimate of drug-likeness (QED) is 0.327. The largest absolute Gasteiger partial charge is 0.378 e. The van der Waals surface area contributed by atoms with Crippen molar-refractivity contribution in [3.8, 4) is 39.3 Å². The number of pyridine rings is 1. The molecule has 0 N–H and O–H groups in total. The number of benzene rings is 4. The summed E-state index contributed by atoms with van der Waals surface area (Å²) in [5.74, 6) is 0. The number of anilines is 1. The number of hydrogen-bond donors (Lipinski definition) is 0. The lowest BCUT2D eigenvalue weighted by atomic mass is 9.98. The van der Waals surface area contributed by atoms with E-state index in [1.54, 1.807) is 0 Å². The zero-order valence-electron chi connectivity index (χ0n) is 21.0. The van der Waals surface area contributed by atoms with Crippen LogP contribution in [0.5, 0.6) is 0 Å². The molecule has 0 aliphatic heterocycles. The van der Waals surface area contributed by atoms with Crippen LogP contribution in [-0.2, 0) is 0 Å². The molecule has 0 amide bonds. The van der Waals surface area contributed by atoms with Crippen LogP contribution in [0, 0.1) is 10.2 Å². The van der Waals surface area contributed by atoms with E-state index in [9.17, 15) is 0 Å². The summed E-state index contributed by atoms with van der Waals surface area (Å²) in [4.78, 5) is 2.13. The molecule has 0 bridgehead atoms. The summed E-state index contributed by atoms with van der Waals surface area (Å²) in [6, 6.07) is 45.3. The summed E-state index contributed by atoms with van der Waals surface area (Å²) in [5, 5.41) is 0. The van der Waals surface area contributed by atoms with Crippen LogP contribution in [0.25, 0.3) is 39.3 Å². The van der Waals surface area contributed by atoms with Gasteiger partial charge < -0.3 is 4.90 Å². The SMILES string of the molecule is CN(C)c1ccc(-[n+]2c(-c3ccccc3)cc(-c3ccccc3)cc2-c2ccccc2)cc1.[O-][Cl+3]([O-])([O-])[O-]. The molecule has 0 saturated heterocycles. The van der Waals surface area contributed by atoms with Crippen LogP contribution in [0.3, 0.4) is 0 Å². The molecular weight excluding hydrogens is 500 g/mol. The van der Waals surface area contributed by atoms with E-state index in [0.717, 1.165) is 17.1 Å². The van der Waals surface area contributed by atoms with Crippen molar-refractivity contribution in [2.75, 3.05) is 19.0 Å². The fourth-order valence-electron chi connectivity index (χ4n) is 4.21. The Morgan fingerprint density at radius 3 is 1.24 bits per heavy atom. The van der Waals surface area contributed by atoms with Crippen molar-refractivity contribution in [1.29, 1.82) is 0 Å². The molecule has 6 nitrogen and oxygen atoms in total. The maximum absolute atomic E-state index is 8.49. The van der Waals surface area contributed by atoms with Crippen molar-refractivity contribution in [3.63, 3.8) is 0 Å². The lowest BCUT2D eigenvalue weighted by molar-refractivity contribution is -2.00. The predicted octanol–water partition coefficient (Wildman–Crippen LogP) is 2.27. The molecule has 0 aliphatic rings. The predicted molar refractivity (Wildman–Crippen MR) is 139 cm³/mol. The molecule has 0 atom stereocenters. The molecular formula is C31H27ClN2O4. The van der Waals surface area contributed by atoms with Crippen LogP contribution in [-0.4, -0.2) is 14.1 Å². The second kappa shape index (κ2) is 12.0. The Labute approximate surface area is 224 Å². The first-order chi connectivity index (χ1) is 18.2. The number of aromatic nitrogens is 1. The average Bonchev–Trinajstić information content (AvgIpc) is 2.93. The van der Waals surface area contributed by atoms with Crippen LogP contribution in [0.2, 0.25) is 0 Å². The first-order valence-corrected chi connectivity index (χ1v) is 13.1. The van der Waals surface area contributed by atoms with Crippen molar-refractivity contribution in [1.82, 2.24) is 0 Å². The lowest BCUT2D eigenvalue weighted by Gasteiger charge is -2.17. The third kappa shape index (κ3) is 7.04. The first kappa shape index (κ1) is 27.0. The minimum Gasteiger partial charge on any atom is -0.378 e. The highest BCUT2D eigenvalue weighted by atomic mass is 35.7. The highest BCUT2D eigenvalue weighted by Gasteiger charge is 2.24. The van der Waals surface area contributed by atoms with E-state index >= 15 is 0 Å². The third-order valence-corrected chi connectivity index (χ3v) is 5.94. The molecule has 192 valence electrons. The molecule has 0 radical (unpaired) electrons. The van der Waals surface area contributed by atoms with Crippen molar-refractivity contribution in [3.05, 3.63) is 127 Å². The second-order valence-corrected chi connectivity index (χ2v) is 9.49. The molecule has 0 spiro atoms. The Bertz CT molecular complexity index is 1390. The highest BCUT2D eigenvalue weighted by Crippen LogP contribution is 2.30. The van der Waals surface area contributed by atoms with Gasteiger partial charge in [0.05, 0.1) is 0 Å². The maximum Gasteiger partial charge on any atom is 0.219 e. The highest BCUT2D eigenvalue weighted by molar-refractivity contribution is 5.74. The van der Waals surface area contributed by atoms with Gasteiger partial charge in [-0.1, -0.05) is 66.7 Å². The number of halogens is 1. The number of hydrogen-bond acceptors (Lipinski definition) is 5. The van der Waals surface area contributed by atoms with E-state index in [-0.39, 0.29) is 0 Å². The Morgan fingerprint density at radius 2 is 0.868 bits per heavy atom. The topological polar surface area (TPSA) is 99.4 Å². The Balaban J connectivity index is 0.000000617. The molecule has 0 unspecified atom stereocenters. The van der Waals surface area contributed by atoms with Crippen LogP contribution in [0.4, 0.5) is 5.69 Å². The summed E-state index contributed by atoms with van der Waals surface area (Å²) in [7, 11) is -0.802. The van der Waals surface area contributed by atoms with E-state index in [1.165, 1.54) is 27.9 Å². The average molecular weight is 527 g/mol. The van der Waals surface area contributed by atoms with Crippen molar-refractivity contribution < 1.29 is 33.4 Å². The second-order valence-electron chi connectivity index (χ2n) is 8.74. The van der Waals surface area contributed by atoms with Crippen LogP contribution >= 0.6 is 0 Å². The summed E-state index contributed by atoms with van der Waals surface area (Å²) in [6.45, 7) is 0. The van der Waals surface area contributed by atoms with Crippen molar-refractivity contribution >= 4 is 5.69 Å². The standard InChI is InChI=1S/C31H27N2.ClHO4/c1-32(2)28-18-20-29(21-19-28)33-30(25-14-8-4-9-15-25)22-27(24-12-6-3-7-13-24)23-31(33)26-16-10-5-11-17-26;2-1(3,4)5/h3-23H,1-2H3;(H,2,3,4,5)/q+1;/p-1. The maximum atomic E-state index is 8.49. The van der Waals surface area contributed by atoms with Crippen molar-refractivity contribution in [2.45, 2.75) is 0 Å². The molecule has 38 heavy (non-hydrogen) atoms. The normalized spacial score (nSPS) is 10.9. The number of nitrogens with zero attached hydrogens (tertiary/aromatic N) is 2. The van der Waals surface area contributed by atoms with Crippen LogP contribution in [0.15, 0.2) is 127 Å². The van der Waals surface area contributed by atoms with E-state index in [0.29, 0.717) is 0 Å². The lowest BCUT2D eigenvalue weighted by Crippen LogP contribution is -2.68. The van der Waals surface area contributed by atoms with E-state index in [1.807, 2.05) is 0 Å². The zero-order valence-corrected chi connectivity index (χ0v) is 21.8. The molecule has 4 aromatic carbocycles. The fraction of sp³-hybridized carbons (Fsp3) is 0.0645. The van der Waals surface area contributed by atoms with Gasteiger partial charge in [0.25, 0.3) is 0 Å². The fourth-order valence-corrected chi connectivity index (χ4v) is 4.21. The van der Waals surface area contributed by atoms with Gasteiger partial charge in [0.1, 0.15) is 0 Å². The molecule has 7 heteroatoms. The summed E-state index contributed by atoms with van der Waals surface area (Å²) < 4.78 is 36.3. The molecule has 0 fully saturated rings. The number of rotatable bonds is 5. The molecule has 0 aliphatic carbocycles. The summed E-state index contributed by atoms with van der Waals surface area (Å²) in [5.41, 5.74) is 9.42. The minimum atomic E-state index is -4.94. The van der Waals surface area contributed by atoms with Gasteiger partial charge in [-0.05, 0) is 47.5 Å². The van der Waals surface area contributed by atoms with Gasteiger partial charge in [-0.15, -0.1) is 10.2 Å². The third-order valence-electron chi connectivity index (χ3n) is 5.94. The summed E-state index contributed by atoms with van der Waals surface area (Å²) in [6.07, 6.45) is 0. The van der Waals surface area contributed by atoms with Crippen molar-refractivity contribution in [2.24, 2.45) is 0 Å². The Hall–Kier alpha value is -4.04. The van der Waals surface area contributed by atoms with Crippen LogP contribution < -0.4 is 28.1 Å². The molecule has 5 aromatic rings. The molecule has 1 heterocycles. The van der Waals surface area contributed by atoms with Gasteiger partial charge in [0, 0.05) is 55.2 Å². The Kier molecular flexibility index (Phi) is 8.53. The van der Waals surface area contributed by atoms with E-state index in [2.05, 4.69) is 151 Å². The molecule has 1 aromatic heterocycles. The minimum absolute atomic E-state index is 1.14. The Morgan fingerprint density at radius 1 is 0.500 bits per heavy atom. The van der Waals surface area contributed by atoms with Gasteiger partial charge in [-0.25, -0.2) is 18.6 Å². The monoisotopic (exact) mass is 526 g/mol. The molecule has 0 saturated carbocycles. The van der Waals surface area contributed by atoms with Gasteiger partial charge in [0.15, 0.2) is 0 Å². The molecule has 5 rings (SSSR count). The summed E-state index contributed by atoms with van der Waals surface area (Å²) >= 11 is 0. The van der Waals surface area contributed by atoms with Gasteiger partial charge in [-0.3, -0.25) is 0 Å². The van der Waals surface area contributed by atoms with Gasteiger partial charge in [0.2, 0.25) is 17.1 Å². The smallest absolute Gasteiger partial charge is 0.219 e. The van der Waals surface area contributed by atoms with Gasteiger partial charge in [-0.2, -0.15) is 4.57 Å². The van der Waals surface area contributed by atoms with E-state index in [4.69, 9.17) is 18.6 Å². The zero-order chi connectivity index (χ0) is 27.1. The van der Waals surface area contributed by atoms with Gasteiger partial charge >= 0.3 is 0 Å².